The van der Waals surface area contributed by atoms with Crippen LogP contribution in [0.5, 0.6) is 5.88 Å². The van der Waals surface area contributed by atoms with Crippen molar-refractivity contribution < 1.29 is 9.90 Å². The molecule has 0 aliphatic carbocycles. The lowest BCUT2D eigenvalue weighted by Gasteiger charge is -2.13. The van der Waals surface area contributed by atoms with Gasteiger partial charge < -0.3 is 16.6 Å². The lowest BCUT2D eigenvalue weighted by molar-refractivity contribution is 0.254. The van der Waals surface area contributed by atoms with Gasteiger partial charge in [-0.15, -0.1) is 12.4 Å². The van der Waals surface area contributed by atoms with Crippen LogP contribution in [-0.4, -0.2) is 28.2 Å². The Balaban J connectivity index is 0.00000196. The van der Waals surface area contributed by atoms with Crippen LogP contribution in [0.2, 0.25) is 0 Å². The highest BCUT2D eigenvalue weighted by Gasteiger charge is 2.17. The predicted octanol–water partition coefficient (Wildman–Crippen LogP) is -1.01. The van der Waals surface area contributed by atoms with Crippen molar-refractivity contribution in [3.05, 3.63) is 10.4 Å². The van der Waals surface area contributed by atoms with Crippen molar-refractivity contribution in [2.24, 2.45) is 5.73 Å². The number of urea groups is 1. The second-order valence-corrected chi connectivity index (χ2v) is 2.52. The Labute approximate surface area is 90.3 Å². The van der Waals surface area contributed by atoms with Crippen LogP contribution in [0.1, 0.15) is 0 Å². The second-order valence-electron chi connectivity index (χ2n) is 2.52. The maximum absolute atomic E-state index is 11.2. The van der Waals surface area contributed by atoms with Gasteiger partial charge >= 0.3 is 6.03 Å². The summed E-state index contributed by atoms with van der Waals surface area (Å²) in [4.78, 5) is 28.2. The molecule has 2 amide bonds. The zero-order chi connectivity index (χ0) is 10.9. The van der Waals surface area contributed by atoms with Gasteiger partial charge in [-0.25, -0.2) is 4.79 Å². The van der Waals surface area contributed by atoms with Gasteiger partial charge in [-0.2, -0.15) is 4.98 Å². The molecule has 1 aromatic rings. The first-order chi connectivity index (χ1) is 6.43. The molecule has 0 aromatic carbocycles. The molecule has 0 saturated carbocycles. The fraction of sp³-hybridized carbons (Fsp3) is 0.167. The van der Waals surface area contributed by atoms with Gasteiger partial charge in [0.25, 0.3) is 5.56 Å². The van der Waals surface area contributed by atoms with E-state index in [1.54, 1.807) is 0 Å². The molecule has 0 saturated heterocycles. The number of nitrogens with zero attached hydrogens (tertiary/aromatic N) is 2. The minimum absolute atomic E-state index is 0. The molecule has 0 aliphatic heterocycles. The van der Waals surface area contributed by atoms with Gasteiger partial charge in [-0.05, 0) is 0 Å². The Morgan fingerprint density at radius 3 is 2.53 bits per heavy atom. The number of hydrogen-bond donors (Lipinski definition) is 4. The summed E-state index contributed by atoms with van der Waals surface area (Å²) in [5.41, 5.74) is 8.97. The fourth-order valence-corrected chi connectivity index (χ4v) is 0.885. The van der Waals surface area contributed by atoms with Gasteiger partial charge in [0.2, 0.25) is 11.8 Å². The molecule has 84 valence electrons. The predicted molar refractivity (Wildman–Crippen MR) is 56.2 cm³/mol. The number of amides is 2. The number of hydrogen-bond acceptors (Lipinski definition) is 5. The molecular formula is C6H10ClN5O3. The minimum Gasteiger partial charge on any atom is -0.492 e. The standard InChI is InChI=1S/C6H9N5O3.ClH/c1-11(6(8)14)2-3(12)9-5(7)10-4(2)13;/h1H3,(H2,8,14)(H4,7,9,10,12,13);1H. The van der Waals surface area contributed by atoms with E-state index in [0.29, 0.717) is 0 Å². The number of halogens is 1. The van der Waals surface area contributed by atoms with Crippen LogP contribution in [0.4, 0.5) is 16.4 Å². The van der Waals surface area contributed by atoms with Crippen LogP contribution in [0.15, 0.2) is 4.79 Å². The highest BCUT2D eigenvalue weighted by Crippen LogP contribution is 2.18. The number of anilines is 2. The molecule has 1 aromatic heterocycles. The van der Waals surface area contributed by atoms with Crippen LogP contribution < -0.4 is 21.9 Å². The highest BCUT2D eigenvalue weighted by atomic mass is 35.5. The van der Waals surface area contributed by atoms with Crippen molar-refractivity contribution in [2.75, 3.05) is 17.7 Å². The van der Waals surface area contributed by atoms with Gasteiger partial charge in [0.1, 0.15) is 0 Å². The monoisotopic (exact) mass is 235 g/mol. The summed E-state index contributed by atoms with van der Waals surface area (Å²) in [6.07, 6.45) is 0. The zero-order valence-corrected chi connectivity index (χ0v) is 8.54. The minimum atomic E-state index is -0.891. The van der Waals surface area contributed by atoms with Gasteiger partial charge in [-0.1, -0.05) is 0 Å². The number of nitrogen functional groups attached to an aromatic ring is 1. The molecule has 15 heavy (non-hydrogen) atoms. The topological polar surface area (TPSA) is 138 Å². The third-order valence-electron chi connectivity index (χ3n) is 1.56. The van der Waals surface area contributed by atoms with E-state index >= 15 is 0 Å². The van der Waals surface area contributed by atoms with Gasteiger partial charge in [0, 0.05) is 7.05 Å². The van der Waals surface area contributed by atoms with Crippen LogP contribution >= 0.6 is 12.4 Å². The number of nitrogens with two attached hydrogens (primary N) is 2. The summed E-state index contributed by atoms with van der Waals surface area (Å²) >= 11 is 0. The molecule has 9 heteroatoms. The Bertz CT molecular complexity index is 431. The molecule has 6 N–H and O–H groups in total. The molecule has 0 bridgehead atoms. The average molecular weight is 236 g/mol. The van der Waals surface area contributed by atoms with E-state index in [0.717, 1.165) is 4.90 Å². The van der Waals surface area contributed by atoms with Crippen molar-refractivity contribution in [3.63, 3.8) is 0 Å². The van der Waals surface area contributed by atoms with Crippen molar-refractivity contribution in [3.8, 4) is 5.88 Å². The van der Waals surface area contributed by atoms with Gasteiger partial charge in [0.05, 0.1) is 0 Å². The number of carbonyl (C=O) groups excluding carboxylic acids is 1. The summed E-state index contributed by atoms with van der Waals surface area (Å²) in [5, 5.41) is 9.23. The van der Waals surface area contributed by atoms with E-state index in [1.807, 2.05) is 0 Å². The molecule has 0 fully saturated rings. The van der Waals surface area contributed by atoms with Crippen LogP contribution in [0.25, 0.3) is 0 Å². The van der Waals surface area contributed by atoms with Crippen molar-refractivity contribution in [2.45, 2.75) is 0 Å². The summed E-state index contributed by atoms with van der Waals surface area (Å²) in [5.74, 6) is -0.887. The Morgan fingerprint density at radius 1 is 1.60 bits per heavy atom. The molecule has 0 radical (unpaired) electrons. The first kappa shape index (κ1) is 13.0. The van der Waals surface area contributed by atoms with Gasteiger partial charge in [-0.3, -0.25) is 14.7 Å². The summed E-state index contributed by atoms with van der Waals surface area (Å²) in [6.45, 7) is 0. The van der Waals surface area contributed by atoms with Crippen molar-refractivity contribution in [1.82, 2.24) is 9.97 Å². The lowest BCUT2D eigenvalue weighted by atomic mass is 10.4. The van der Waals surface area contributed by atoms with E-state index in [9.17, 15) is 14.7 Å². The first-order valence-electron chi connectivity index (χ1n) is 3.55. The van der Waals surface area contributed by atoms with E-state index in [1.165, 1.54) is 7.05 Å². The summed E-state index contributed by atoms with van der Waals surface area (Å²) < 4.78 is 0. The number of carbonyl (C=O) groups is 1. The maximum Gasteiger partial charge on any atom is 0.319 e. The molecule has 0 spiro atoms. The molecule has 0 aliphatic rings. The highest BCUT2D eigenvalue weighted by molar-refractivity contribution is 5.91. The fourth-order valence-electron chi connectivity index (χ4n) is 0.885. The molecular weight excluding hydrogens is 226 g/mol. The largest absolute Gasteiger partial charge is 0.492 e. The SMILES string of the molecule is CN(C(N)=O)c1c(O)nc(N)[nH]c1=O.Cl. The average Bonchev–Trinajstić information content (AvgIpc) is 2.01. The third kappa shape index (κ3) is 2.50. The van der Waals surface area contributed by atoms with E-state index in [4.69, 9.17) is 11.5 Å². The zero-order valence-electron chi connectivity index (χ0n) is 7.72. The number of rotatable bonds is 1. The maximum atomic E-state index is 11.2. The van der Waals surface area contributed by atoms with Gasteiger partial charge in [0.15, 0.2) is 5.69 Å². The Hall–Kier alpha value is -1.96. The number of nitrogens with one attached hydrogen (secondary N) is 1. The van der Waals surface area contributed by atoms with Crippen molar-refractivity contribution in [1.29, 1.82) is 0 Å². The number of aromatic hydroxyl groups is 1. The summed E-state index contributed by atoms with van der Waals surface area (Å²) in [6, 6.07) is -0.891. The normalized spacial score (nSPS) is 9.13. The smallest absolute Gasteiger partial charge is 0.319 e. The third-order valence-corrected chi connectivity index (χ3v) is 1.56. The van der Waals surface area contributed by atoms with Crippen molar-refractivity contribution >= 4 is 30.1 Å². The lowest BCUT2D eigenvalue weighted by Crippen LogP contribution is -2.36. The number of H-pyrrole nitrogens is 1. The van der Waals surface area contributed by atoms with Crippen LogP contribution in [-0.2, 0) is 0 Å². The number of primary amides is 1. The van der Waals surface area contributed by atoms with E-state index < -0.39 is 17.5 Å². The molecule has 0 unspecified atom stereocenters. The Kier molecular flexibility index (Phi) is 3.92. The first-order valence-corrected chi connectivity index (χ1v) is 3.55. The van der Waals surface area contributed by atoms with Crippen LogP contribution in [0.3, 0.4) is 0 Å². The summed E-state index contributed by atoms with van der Waals surface area (Å²) in [7, 11) is 1.23. The molecule has 8 nitrogen and oxygen atoms in total. The van der Waals surface area contributed by atoms with E-state index in [-0.39, 0.29) is 24.0 Å². The second kappa shape index (κ2) is 4.51. The quantitative estimate of drug-likeness (QED) is 0.494. The molecule has 1 rings (SSSR count). The number of aromatic amines is 1. The van der Waals surface area contributed by atoms with Crippen LogP contribution in [0, 0.1) is 0 Å². The molecule has 0 atom stereocenters. The molecule has 1 heterocycles. The number of aromatic nitrogens is 2. The Morgan fingerprint density at radius 2 is 2.13 bits per heavy atom. The van der Waals surface area contributed by atoms with E-state index in [2.05, 4.69) is 9.97 Å².